The predicted molar refractivity (Wildman–Crippen MR) is 91.3 cm³/mol. The summed E-state index contributed by atoms with van der Waals surface area (Å²) in [6, 6.07) is 7.50. The number of rotatable bonds is 4. The monoisotopic (exact) mass is 363 g/mol. The predicted octanol–water partition coefficient (Wildman–Crippen LogP) is 2.96. The fraction of sp³-hybridized carbons (Fsp3) is 0.176. The second kappa shape index (κ2) is 6.52. The molecule has 1 heterocycles. The molecular formula is C17H14ClNO6. The van der Waals surface area contributed by atoms with Gasteiger partial charge in [-0.3, -0.25) is 4.79 Å². The zero-order chi connectivity index (χ0) is 18.1. The summed E-state index contributed by atoms with van der Waals surface area (Å²) in [4.78, 5) is 25.0. The lowest BCUT2D eigenvalue weighted by Crippen LogP contribution is -2.23. The van der Waals surface area contributed by atoms with E-state index in [1.165, 1.54) is 39.5 Å². The van der Waals surface area contributed by atoms with E-state index < -0.39 is 11.7 Å². The van der Waals surface area contributed by atoms with E-state index in [0.717, 1.165) is 4.57 Å². The summed E-state index contributed by atoms with van der Waals surface area (Å²) < 4.78 is 21.7. The van der Waals surface area contributed by atoms with Crippen LogP contribution in [0.25, 0.3) is 11.1 Å². The standard InChI is InChI=1S/C17H14ClNO6/c1-22-13-6-9(7-14(23-2)15(13)24-3)16(20)19-11-5-4-10(18)8-12(11)25-17(19)21/h4-8H,1-3H3. The van der Waals surface area contributed by atoms with E-state index in [-0.39, 0.29) is 11.1 Å². The van der Waals surface area contributed by atoms with Crippen LogP contribution in [0.15, 0.2) is 39.5 Å². The van der Waals surface area contributed by atoms with E-state index in [2.05, 4.69) is 0 Å². The molecule has 1 aromatic heterocycles. The van der Waals surface area contributed by atoms with Gasteiger partial charge in [-0.1, -0.05) is 11.6 Å². The highest BCUT2D eigenvalue weighted by Crippen LogP contribution is 2.38. The Bertz CT molecular complexity index is 995. The lowest BCUT2D eigenvalue weighted by molar-refractivity contribution is 0.0955. The van der Waals surface area contributed by atoms with Crippen LogP contribution in [-0.4, -0.2) is 31.8 Å². The molecule has 0 unspecified atom stereocenters. The van der Waals surface area contributed by atoms with Gasteiger partial charge in [0.1, 0.15) is 0 Å². The number of hydrogen-bond donors (Lipinski definition) is 0. The molecule has 0 aliphatic rings. The van der Waals surface area contributed by atoms with Crippen molar-refractivity contribution in [2.75, 3.05) is 21.3 Å². The fourth-order valence-electron chi connectivity index (χ4n) is 2.52. The van der Waals surface area contributed by atoms with Crippen molar-refractivity contribution < 1.29 is 23.4 Å². The highest BCUT2D eigenvalue weighted by atomic mass is 35.5. The third kappa shape index (κ3) is 2.83. The van der Waals surface area contributed by atoms with Crippen molar-refractivity contribution in [1.82, 2.24) is 4.57 Å². The summed E-state index contributed by atoms with van der Waals surface area (Å²) in [5.41, 5.74) is 0.709. The molecule has 0 fully saturated rings. The molecule has 0 bridgehead atoms. The number of carbonyl (C=O) groups is 1. The molecule has 3 rings (SSSR count). The summed E-state index contributed by atoms with van der Waals surface area (Å²) in [6.07, 6.45) is 0. The van der Waals surface area contributed by atoms with Crippen molar-refractivity contribution in [1.29, 1.82) is 0 Å². The van der Waals surface area contributed by atoms with E-state index >= 15 is 0 Å². The number of carbonyl (C=O) groups excluding carboxylic acids is 1. The SMILES string of the molecule is COc1cc(C(=O)n2c(=O)oc3cc(Cl)ccc32)cc(OC)c1OC. The molecule has 0 saturated heterocycles. The summed E-state index contributed by atoms with van der Waals surface area (Å²) in [5.74, 6) is -0.456. The van der Waals surface area contributed by atoms with Gasteiger partial charge in [0.15, 0.2) is 17.1 Å². The Morgan fingerprint density at radius 1 is 1.04 bits per heavy atom. The number of benzene rings is 2. The van der Waals surface area contributed by atoms with Gasteiger partial charge < -0.3 is 18.6 Å². The smallest absolute Gasteiger partial charge is 0.427 e. The molecule has 130 valence electrons. The van der Waals surface area contributed by atoms with Crippen molar-refractivity contribution in [2.45, 2.75) is 0 Å². The molecule has 0 spiro atoms. The third-order valence-corrected chi connectivity index (χ3v) is 3.89. The zero-order valence-corrected chi connectivity index (χ0v) is 14.4. The van der Waals surface area contributed by atoms with Gasteiger partial charge in [-0.25, -0.2) is 9.36 Å². The minimum atomic E-state index is -0.809. The molecular weight excluding hydrogens is 350 g/mol. The second-order valence-corrected chi connectivity index (χ2v) is 5.47. The maximum atomic E-state index is 12.9. The fourth-order valence-corrected chi connectivity index (χ4v) is 2.68. The molecule has 0 atom stereocenters. The number of nitrogens with zero attached hydrogens (tertiary/aromatic N) is 1. The first-order valence-corrected chi connectivity index (χ1v) is 7.53. The number of hydrogen-bond acceptors (Lipinski definition) is 6. The average Bonchev–Trinajstić information content (AvgIpc) is 2.94. The second-order valence-electron chi connectivity index (χ2n) is 5.03. The number of fused-ring (bicyclic) bond motifs is 1. The quantitative estimate of drug-likeness (QED) is 0.709. The number of ether oxygens (including phenoxy) is 3. The molecule has 3 aromatic rings. The lowest BCUT2D eigenvalue weighted by atomic mass is 10.1. The van der Waals surface area contributed by atoms with Gasteiger partial charge >= 0.3 is 5.76 Å². The van der Waals surface area contributed by atoms with Crippen LogP contribution < -0.4 is 20.0 Å². The van der Waals surface area contributed by atoms with E-state index in [1.54, 1.807) is 12.1 Å². The Morgan fingerprint density at radius 2 is 1.68 bits per heavy atom. The van der Waals surface area contributed by atoms with Crippen molar-refractivity contribution in [3.05, 3.63) is 51.5 Å². The molecule has 25 heavy (non-hydrogen) atoms. The van der Waals surface area contributed by atoms with Crippen LogP contribution in [0.1, 0.15) is 10.4 Å². The minimum absolute atomic E-state index is 0.175. The maximum absolute atomic E-state index is 12.9. The number of methoxy groups -OCH3 is 3. The van der Waals surface area contributed by atoms with Crippen LogP contribution in [0.4, 0.5) is 0 Å². The first-order chi connectivity index (χ1) is 12.0. The first-order valence-electron chi connectivity index (χ1n) is 7.16. The van der Waals surface area contributed by atoms with Gasteiger partial charge in [0.2, 0.25) is 5.75 Å². The molecule has 0 aliphatic carbocycles. The number of oxazole rings is 1. The third-order valence-electron chi connectivity index (χ3n) is 3.66. The topological polar surface area (TPSA) is 79.9 Å². The van der Waals surface area contributed by atoms with Gasteiger partial charge in [-0.2, -0.15) is 0 Å². The highest BCUT2D eigenvalue weighted by molar-refractivity contribution is 6.31. The number of aromatic nitrogens is 1. The van der Waals surface area contributed by atoms with Crippen LogP contribution in [0.3, 0.4) is 0 Å². The molecule has 0 amide bonds. The Hall–Kier alpha value is -2.93. The van der Waals surface area contributed by atoms with Gasteiger partial charge in [-0.15, -0.1) is 0 Å². The van der Waals surface area contributed by atoms with Crippen LogP contribution in [0, 0.1) is 0 Å². The summed E-state index contributed by atoms with van der Waals surface area (Å²) >= 11 is 5.89. The van der Waals surface area contributed by atoms with Gasteiger partial charge in [-0.05, 0) is 24.3 Å². The lowest BCUT2D eigenvalue weighted by Gasteiger charge is -2.13. The molecule has 7 nitrogen and oxygen atoms in total. The van der Waals surface area contributed by atoms with Crippen LogP contribution >= 0.6 is 11.6 Å². The summed E-state index contributed by atoms with van der Waals surface area (Å²) in [6.45, 7) is 0. The summed E-state index contributed by atoms with van der Waals surface area (Å²) in [5, 5.41) is 0.397. The van der Waals surface area contributed by atoms with Crippen molar-refractivity contribution in [3.8, 4) is 17.2 Å². The Labute approximate surface area is 147 Å². The molecule has 8 heteroatoms. The van der Waals surface area contributed by atoms with Gasteiger partial charge in [0.25, 0.3) is 5.91 Å². The maximum Gasteiger partial charge on any atom is 0.427 e. The Balaban J connectivity index is 2.19. The van der Waals surface area contributed by atoms with E-state index in [1.807, 2.05) is 0 Å². The van der Waals surface area contributed by atoms with Crippen molar-refractivity contribution >= 4 is 28.6 Å². The largest absolute Gasteiger partial charge is 0.493 e. The van der Waals surface area contributed by atoms with E-state index in [4.69, 9.17) is 30.2 Å². The molecule has 0 radical (unpaired) electrons. The zero-order valence-electron chi connectivity index (χ0n) is 13.7. The Kier molecular flexibility index (Phi) is 4.41. The molecule has 0 N–H and O–H groups in total. The highest BCUT2D eigenvalue weighted by Gasteiger charge is 2.22. The van der Waals surface area contributed by atoms with Crippen LogP contribution in [-0.2, 0) is 0 Å². The molecule has 0 saturated carbocycles. The van der Waals surface area contributed by atoms with E-state index in [9.17, 15) is 9.59 Å². The Morgan fingerprint density at radius 3 is 2.24 bits per heavy atom. The van der Waals surface area contributed by atoms with Gasteiger partial charge in [0, 0.05) is 16.7 Å². The normalized spacial score (nSPS) is 10.7. The minimum Gasteiger partial charge on any atom is -0.493 e. The average molecular weight is 364 g/mol. The molecule has 0 aliphatic heterocycles. The van der Waals surface area contributed by atoms with E-state index in [0.29, 0.717) is 27.8 Å². The van der Waals surface area contributed by atoms with Crippen LogP contribution in [0.5, 0.6) is 17.2 Å². The van der Waals surface area contributed by atoms with Gasteiger partial charge in [0.05, 0.1) is 26.8 Å². The van der Waals surface area contributed by atoms with Crippen LogP contribution in [0.2, 0.25) is 5.02 Å². The van der Waals surface area contributed by atoms with Crippen molar-refractivity contribution in [2.24, 2.45) is 0 Å². The van der Waals surface area contributed by atoms with Crippen molar-refractivity contribution in [3.63, 3.8) is 0 Å². The number of halogens is 1. The summed E-state index contributed by atoms with van der Waals surface area (Å²) in [7, 11) is 4.33. The first kappa shape index (κ1) is 16.9. The molecule has 2 aromatic carbocycles.